The minimum Gasteiger partial charge on any atom is -0.494 e. The highest BCUT2D eigenvalue weighted by molar-refractivity contribution is 6.18. The van der Waals surface area contributed by atoms with E-state index in [-0.39, 0.29) is 6.03 Å². The summed E-state index contributed by atoms with van der Waals surface area (Å²) in [5.74, 6) is 1.25. The Kier molecular flexibility index (Phi) is 6.25. The van der Waals surface area contributed by atoms with Gasteiger partial charge in [0, 0.05) is 19.0 Å². The number of alkyl halides is 1. The number of carbonyl (C=O) groups excluding carboxylic acids is 1. The Morgan fingerprint density at radius 3 is 2.59 bits per heavy atom. The summed E-state index contributed by atoms with van der Waals surface area (Å²) in [5, 5.41) is 5.36. The summed E-state index contributed by atoms with van der Waals surface area (Å²) in [4.78, 5) is 11.2. The first kappa shape index (κ1) is 13.6. The third kappa shape index (κ3) is 5.45. The van der Waals surface area contributed by atoms with Crippen LogP contribution < -0.4 is 15.4 Å². The molecule has 0 atom stereocenters. The molecule has 2 amide bonds. The van der Waals surface area contributed by atoms with Gasteiger partial charge in [-0.15, -0.1) is 11.6 Å². The molecular formula is C12H17ClN2O2. The van der Waals surface area contributed by atoms with E-state index >= 15 is 0 Å². The molecule has 1 aromatic carbocycles. The molecule has 94 valence electrons. The lowest BCUT2D eigenvalue weighted by Crippen LogP contribution is -2.36. The number of hydrogen-bond donors (Lipinski definition) is 2. The third-order valence-corrected chi connectivity index (χ3v) is 2.26. The average molecular weight is 257 g/mol. The van der Waals surface area contributed by atoms with E-state index in [1.165, 1.54) is 0 Å². The SMILES string of the molecule is CCOc1ccc(CNC(=O)NCCCl)cc1. The van der Waals surface area contributed by atoms with Gasteiger partial charge in [-0.1, -0.05) is 12.1 Å². The van der Waals surface area contributed by atoms with Crippen LogP contribution in [-0.4, -0.2) is 25.1 Å². The van der Waals surface area contributed by atoms with Crippen molar-refractivity contribution in [3.8, 4) is 5.75 Å². The Hall–Kier alpha value is -1.42. The Morgan fingerprint density at radius 1 is 1.29 bits per heavy atom. The fraction of sp³-hybridized carbons (Fsp3) is 0.417. The lowest BCUT2D eigenvalue weighted by Gasteiger charge is -2.07. The van der Waals surface area contributed by atoms with Crippen molar-refractivity contribution in [2.45, 2.75) is 13.5 Å². The third-order valence-electron chi connectivity index (χ3n) is 2.07. The maximum atomic E-state index is 11.2. The quantitative estimate of drug-likeness (QED) is 0.766. The fourth-order valence-electron chi connectivity index (χ4n) is 1.28. The summed E-state index contributed by atoms with van der Waals surface area (Å²) in [6, 6.07) is 7.41. The number of nitrogens with one attached hydrogen (secondary N) is 2. The summed E-state index contributed by atoms with van der Waals surface area (Å²) >= 11 is 5.45. The van der Waals surface area contributed by atoms with Crippen LogP contribution in [-0.2, 0) is 6.54 Å². The summed E-state index contributed by atoms with van der Waals surface area (Å²) in [6.45, 7) is 3.55. The second kappa shape index (κ2) is 7.79. The van der Waals surface area contributed by atoms with Crippen molar-refractivity contribution in [1.82, 2.24) is 10.6 Å². The zero-order valence-corrected chi connectivity index (χ0v) is 10.6. The van der Waals surface area contributed by atoms with Crippen LogP contribution in [0.1, 0.15) is 12.5 Å². The maximum Gasteiger partial charge on any atom is 0.315 e. The number of benzene rings is 1. The highest BCUT2D eigenvalue weighted by Gasteiger charge is 1.99. The minimum atomic E-state index is -0.209. The monoisotopic (exact) mass is 256 g/mol. The van der Waals surface area contributed by atoms with E-state index in [2.05, 4.69) is 10.6 Å². The molecule has 0 aliphatic carbocycles. The van der Waals surface area contributed by atoms with Crippen LogP contribution >= 0.6 is 11.6 Å². The van der Waals surface area contributed by atoms with E-state index in [0.29, 0.717) is 25.6 Å². The summed E-state index contributed by atoms with van der Waals surface area (Å²) in [7, 11) is 0. The number of ether oxygens (including phenoxy) is 1. The van der Waals surface area contributed by atoms with E-state index in [9.17, 15) is 4.79 Å². The van der Waals surface area contributed by atoms with Crippen molar-refractivity contribution in [2.75, 3.05) is 19.0 Å². The van der Waals surface area contributed by atoms with Gasteiger partial charge in [-0.3, -0.25) is 0 Å². The molecular weight excluding hydrogens is 240 g/mol. The van der Waals surface area contributed by atoms with Gasteiger partial charge in [0.25, 0.3) is 0 Å². The molecule has 5 heteroatoms. The summed E-state index contributed by atoms with van der Waals surface area (Å²) < 4.78 is 5.33. The molecule has 0 saturated carbocycles. The average Bonchev–Trinajstić information content (AvgIpc) is 2.36. The minimum absolute atomic E-state index is 0.209. The van der Waals surface area contributed by atoms with Crippen LogP contribution in [0, 0.1) is 0 Å². The van der Waals surface area contributed by atoms with Crippen LogP contribution in [0.2, 0.25) is 0 Å². The van der Waals surface area contributed by atoms with Crippen molar-refractivity contribution in [2.24, 2.45) is 0 Å². The highest BCUT2D eigenvalue weighted by atomic mass is 35.5. The van der Waals surface area contributed by atoms with Gasteiger partial charge in [0.15, 0.2) is 0 Å². The Morgan fingerprint density at radius 2 is 2.00 bits per heavy atom. The number of carbonyl (C=O) groups is 1. The molecule has 1 rings (SSSR count). The largest absolute Gasteiger partial charge is 0.494 e. The second-order valence-electron chi connectivity index (χ2n) is 3.38. The van der Waals surface area contributed by atoms with Crippen LogP contribution in [0.25, 0.3) is 0 Å². The van der Waals surface area contributed by atoms with Crippen molar-refractivity contribution in [1.29, 1.82) is 0 Å². The first-order valence-electron chi connectivity index (χ1n) is 5.55. The molecule has 1 aromatic rings. The second-order valence-corrected chi connectivity index (χ2v) is 3.75. The van der Waals surface area contributed by atoms with Gasteiger partial charge in [-0.05, 0) is 24.6 Å². The van der Waals surface area contributed by atoms with E-state index in [1.807, 2.05) is 31.2 Å². The topological polar surface area (TPSA) is 50.4 Å². The molecule has 0 aliphatic heterocycles. The molecule has 0 heterocycles. The standard InChI is InChI=1S/C12H17ClN2O2/c1-2-17-11-5-3-10(4-6-11)9-15-12(16)14-8-7-13/h3-6H,2,7-9H2,1H3,(H2,14,15,16). The molecule has 0 aliphatic rings. The predicted molar refractivity (Wildman–Crippen MR) is 68.6 cm³/mol. The van der Waals surface area contributed by atoms with Crippen molar-refractivity contribution in [3.63, 3.8) is 0 Å². The van der Waals surface area contributed by atoms with Crippen molar-refractivity contribution in [3.05, 3.63) is 29.8 Å². The van der Waals surface area contributed by atoms with Crippen LogP contribution in [0.4, 0.5) is 4.79 Å². The molecule has 0 radical (unpaired) electrons. The Bertz CT molecular complexity index is 341. The van der Waals surface area contributed by atoms with E-state index in [1.54, 1.807) is 0 Å². The lowest BCUT2D eigenvalue weighted by atomic mass is 10.2. The zero-order chi connectivity index (χ0) is 12.5. The predicted octanol–water partition coefficient (Wildman–Crippen LogP) is 2.12. The normalized spacial score (nSPS) is 9.76. The first-order chi connectivity index (χ1) is 8.26. The number of amides is 2. The molecule has 2 N–H and O–H groups in total. The molecule has 0 fully saturated rings. The first-order valence-corrected chi connectivity index (χ1v) is 6.09. The lowest BCUT2D eigenvalue weighted by molar-refractivity contribution is 0.241. The summed E-state index contributed by atoms with van der Waals surface area (Å²) in [6.07, 6.45) is 0. The maximum absolute atomic E-state index is 11.2. The van der Waals surface area contributed by atoms with Gasteiger partial charge < -0.3 is 15.4 Å². The van der Waals surface area contributed by atoms with E-state index < -0.39 is 0 Å². The van der Waals surface area contributed by atoms with Crippen LogP contribution in [0.5, 0.6) is 5.75 Å². The molecule has 17 heavy (non-hydrogen) atoms. The van der Waals surface area contributed by atoms with E-state index in [0.717, 1.165) is 11.3 Å². The number of rotatable bonds is 6. The van der Waals surface area contributed by atoms with Gasteiger partial charge in [-0.2, -0.15) is 0 Å². The summed E-state index contributed by atoms with van der Waals surface area (Å²) in [5.41, 5.74) is 1.02. The number of halogens is 1. The molecule has 4 nitrogen and oxygen atoms in total. The van der Waals surface area contributed by atoms with Gasteiger partial charge in [-0.25, -0.2) is 4.79 Å². The number of urea groups is 1. The molecule has 0 saturated heterocycles. The highest BCUT2D eigenvalue weighted by Crippen LogP contribution is 2.11. The Labute approximate surface area is 106 Å². The molecule has 0 spiro atoms. The van der Waals surface area contributed by atoms with E-state index in [4.69, 9.17) is 16.3 Å². The zero-order valence-electron chi connectivity index (χ0n) is 9.83. The smallest absolute Gasteiger partial charge is 0.315 e. The van der Waals surface area contributed by atoms with Crippen LogP contribution in [0.15, 0.2) is 24.3 Å². The molecule has 0 unspecified atom stereocenters. The van der Waals surface area contributed by atoms with Gasteiger partial charge >= 0.3 is 6.03 Å². The van der Waals surface area contributed by atoms with Crippen molar-refractivity contribution >= 4 is 17.6 Å². The number of hydrogen-bond acceptors (Lipinski definition) is 2. The Balaban J connectivity index is 2.34. The van der Waals surface area contributed by atoms with Gasteiger partial charge in [0.05, 0.1) is 6.61 Å². The molecule has 0 aromatic heterocycles. The van der Waals surface area contributed by atoms with Crippen molar-refractivity contribution < 1.29 is 9.53 Å². The van der Waals surface area contributed by atoms with Gasteiger partial charge in [0.1, 0.15) is 5.75 Å². The fourth-order valence-corrected chi connectivity index (χ4v) is 1.37. The molecule has 0 bridgehead atoms. The van der Waals surface area contributed by atoms with Gasteiger partial charge in [0.2, 0.25) is 0 Å². The van der Waals surface area contributed by atoms with Crippen LogP contribution in [0.3, 0.4) is 0 Å².